The molecule has 0 amide bonds. The largest absolute Gasteiger partial charge is 0.0880 e. The van der Waals surface area contributed by atoms with Crippen molar-refractivity contribution in [3.8, 4) is 0 Å². The average Bonchev–Trinajstić information content (AvgIpc) is 3.24. The van der Waals surface area contributed by atoms with Crippen molar-refractivity contribution in [1.82, 2.24) is 0 Å². The van der Waals surface area contributed by atoms with Crippen LogP contribution >= 0.6 is 0 Å². The molecule has 100 valence electrons. The van der Waals surface area contributed by atoms with E-state index in [9.17, 15) is 0 Å². The van der Waals surface area contributed by atoms with E-state index in [1.165, 1.54) is 11.8 Å². The molecule has 1 heterocycles. The first kappa shape index (κ1) is 11.3. The van der Waals surface area contributed by atoms with Gasteiger partial charge in [-0.1, -0.05) is 67.2 Å². The molecule has 3 saturated carbocycles. The first-order chi connectivity index (χ1) is 9.03. The van der Waals surface area contributed by atoms with Gasteiger partial charge in [0.1, 0.15) is 0 Å². The smallest absolute Gasteiger partial charge is 0.0691 e. The van der Waals surface area contributed by atoms with Crippen LogP contribution in [0.5, 0.6) is 0 Å². The summed E-state index contributed by atoms with van der Waals surface area (Å²) in [4.78, 5) is 0. The van der Waals surface area contributed by atoms with Gasteiger partial charge in [-0.15, -0.1) is 0 Å². The van der Waals surface area contributed by atoms with Crippen molar-refractivity contribution < 1.29 is 0 Å². The minimum atomic E-state index is -1.22. The van der Waals surface area contributed by atoms with Crippen molar-refractivity contribution in [2.45, 2.75) is 54.6 Å². The van der Waals surface area contributed by atoms with E-state index in [0.29, 0.717) is 0 Å². The zero-order valence-corrected chi connectivity index (χ0v) is 14.4. The fourth-order valence-electron chi connectivity index (χ4n) is 8.08. The molecule has 1 aromatic carbocycles. The molecule has 3 aliphatic carbocycles. The monoisotopic (exact) mass is 284 g/mol. The predicted molar refractivity (Wildman–Crippen MR) is 86.2 cm³/mol. The highest BCUT2D eigenvalue weighted by Crippen LogP contribution is 3.15. The van der Waals surface area contributed by atoms with Gasteiger partial charge in [0, 0.05) is 0 Å². The molecule has 1 aliphatic heterocycles. The van der Waals surface area contributed by atoms with E-state index in [1.54, 1.807) is 30.1 Å². The average molecular weight is 285 g/mol. The standard InChI is InChI=1S/C17H24Si2/c1-18(2)12-19(3,13-8-5-4-6-9-13)17-14-10-7-11-15(17)16(14,17)18/h4-6,8-9,14-15H,7,10-12H2,1-3H3. The maximum Gasteiger partial charge on any atom is 0.0880 e. The second-order valence-electron chi connectivity index (χ2n) is 8.53. The van der Waals surface area contributed by atoms with Crippen molar-refractivity contribution >= 4 is 21.3 Å². The Morgan fingerprint density at radius 3 is 2.16 bits per heavy atom. The van der Waals surface area contributed by atoms with Gasteiger partial charge in [-0.25, -0.2) is 0 Å². The molecule has 0 aromatic heterocycles. The topological polar surface area (TPSA) is 0 Å². The van der Waals surface area contributed by atoms with Crippen LogP contribution in [0, 0.1) is 11.8 Å². The fraction of sp³-hybridized carbons (Fsp3) is 0.647. The quantitative estimate of drug-likeness (QED) is 0.679. The van der Waals surface area contributed by atoms with Crippen molar-refractivity contribution in [3.05, 3.63) is 30.3 Å². The Bertz CT molecular complexity index is 564. The van der Waals surface area contributed by atoms with Gasteiger partial charge in [0.15, 0.2) is 0 Å². The summed E-state index contributed by atoms with van der Waals surface area (Å²) in [5, 5.41) is 3.66. The van der Waals surface area contributed by atoms with Gasteiger partial charge in [-0.2, -0.15) is 0 Å². The molecule has 0 bridgehead atoms. The first-order valence-corrected chi connectivity index (χ1v) is 14.0. The first-order valence-electron chi connectivity index (χ1n) is 8.09. The summed E-state index contributed by atoms with van der Waals surface area (Å²) >= 11 is 0. The fourth-order valence-corrected chi connectivity index (χ4v) is 29.2. The molecule has 3 unspecified atom stereocenters. The number of hydrogen-bond donors (Lipinski definition) is 0. The molecule has 0 N–H and O–H groups in total. The maximum absolute atomic E-state index is 2.77. The van der Waals surface area contributed by atoms with Crippen LogP contribution in [0.25, 0.3) is 0 Å². The van der Waals surface area contributed by atoms with Crippen LogP contribution in [0.3, 0.4) is 0 Å². The highest BCUT2D eigenvalue weighted by atomic mass is 28.4. The van der Waals surface area contributed by atoms with Crippen molar-refractivity contribution in [1.29, 1.82) is 0 Å². The highest BCUT2D eigenvalue weighted by molar-refractivity contribution is 7.13. The van der Waals surface area contributed by atoms with Crippen LogP contribution in [0.1, 0.15) is 19.3 Å². The van der Waals surface area contributed by atoms with Crippen LogP contribution in [0.4, 0.5) is 0 Å². The lowest BCUT2D eigenvalue weighted by Gasteiger charge is -2.47. The summed E-state index contributed by atoms with van der Waals surface area (Å²) in [6.45, 7) is 8.26. The molecule has 19 heavy (non-hydrogen) atoms. The second-order valence-corrected chi connectivity index (χ2v) is 18.6. The minimum Gasteiger partial charge on any atom is -0.0691 e. The predicted octanol–water partition coefficient (Wildman–Crippen LogP) is 4.16. The lowest BCUT2D eigenvalue weighted by molar-refractivity contribution is 0.337. The summed E-state index contributed by atoms with van der Waals surface area (Å²) in [5.74, 6) is 2.37. The Morgan fingerprint density at radius 1 is 0.947 bits per heavy atom. The van der Waals surface area contributed by atoms with Gasteiger partial charge in [0.25, 0.3) is 0 Å². The molecule has 5 rings (SSSR count). The molecule has 4 aliphatic rings. The Balaban J connectivity index is 1.71. The highest BCUT2D eigenvalue weighted by Gasteiger charge is 3.07. The summed E-state index contributed by atoms with van der Waals surface area (Å²) in [7, 11) is -2.20. The van der Waals surface area contributed by atoms with Gasteiger partial charge in [-0.05, 0) is 34.8 Å². The lowest BCUT2D eigenvalue weighted by atomic mass is 9.88. The normalized spacial score (nSPS) is 55.3. The minimum absolute atomic E-state index is 0.912. The zero-order valence-electron chi connectivity index (χ0n) is 12.4. The van der Waals surface area contributed by atoms with Gasteiger partial charge in [0.05, 0.1) is 16.1 Å². The summed E-state index contributed by atoms with van der Waals surface area (Å²) in [6.07, 6.45) is 4.72. The van der Waals surface area contributed by atoms with Crippen LogP contribution in [-0.4, -0.2) is 16.1 Å². The summed E-state index contributed by atoms with van der Waals surface area (Å²) < 4.78 is 0. The Labute approximate surface area is 118 Å². The maximum atomic E-state index is 2.77. The van der Waals surface area contributed by atoms with Crippen LogP contribution in [0.15, 0.2) is 30.3 Å². The van der Waals surface area contributed by atoms with E-state index in [0.717, 1.165) is 10.1 Å². The molecule has 4 fully saturated rings. The molecule has 1 spiro atoms. The van der Waals surface area contributed by atoms with Gasteiger partial charge < -0.3 is 0 Å². The number of hydrogen-bond acceptors (Lipinski definition) is 0. The molecule has 3 atom stereocenters. The molecular formula is C17H24Si2. The van der Waals surface area contributed by atoms with Gasteiger partial charge >= 0.3 is 0 Å². The third-order valence-electron chi connectivity index (χ3n) is 7.94. The van der Waals surface area contributed by atoms with Crippen LogP contribution in [-0.2, 0) is 0 Å². The third kappa shape index (κ3) is 0.820. The van der Waals surface area contributed by atoms with E-state index in [4.69, 9.17) is 0 Å². The Morgan fingerprint density at radius 2 is 1.58 bits per heavy atom. The van der Waals surface area contributed by atoms with E-state index in [1.807, 2.05) is 0 Å². The summed E-state index contributed by atoms with van der Waals surface area (Å²) in [5.41, 5.74) is 1.68. The second kappa shape index (κ2) is 2.82. The zero-order chi connectivity index (χ0) is 13.1. The molecule has 1 aromatic rings. The van der Waals surface area contributed by atoms with Crippen LogP contribution in [0.2, 0.25) is 35.4 Å². The van der Waals surface area contributed by atoms with E-state index in [-0.39, 0.29) is 0 Å². The van der Waals surface area contributed by atoms with E-state index < -0.39 is 16.1 Å². The molecule has 1 saturated heterocycles. The van der Waals surface area contributed by atoms with E-state index >= 15 is 0 Å². The van der Waals surface area contributed by atoms with Crippen molar-refractivity contribution in [2.75, 3.05) is 0 Å². The number of rotatable bonds is 1. The van der Waals surface area contributed by atoms with Crippen molar-refractivity contribution in [2.24, 2.45) is 11.8 Å². The lowest BCUT2D eigenvalue weighted by Crippen LogP contribution is -2.56. The van der Waals surface area contributed by atoms with E-state index in [2.05, 4.69) is 50.0 Å². The summed E-state index contributed by atoms with van der Waals surface area (Å²) in [6, 6.07) is 11.7. The van der Waals surface area contributed by atoms with Gasteiger partial charge in [0.2, 0.25) is 0 Å². The number of benzene rings is 1. The molecule has 0 nitrogen and oxygen atoms in total. The third-order valence-corrected chi connectivity index (χ3v) is 22.4. The van der Waals surface area contributed by atoms with Crippen molar-refractivity contribution in [3.63, 3.8) is 0 Å². The molecular weight excluding hydrogens is 260 g/mol. The SMILES string of the molecule is C[Si]1(C)C[Si](C)(c2ccccc2)C23C4CCCC2C431. The Kier molecular flexibility index (Phi) is 1.68. The van der Waals surface area contributed by atoms with Crippen LogP contribution < -0.4 is 5.19 Å². The molecule has 0 radical (unpaired) electrons. The van der Waals surface area contributed by atoms with Gasteiger partial charge in [-0.3, -0.25) is 0 Å². The molecule has 2 heteroatoms. The Hall–Kier alpha value is -0.346.